The number of aromatic nitrogens is 1. The minimum atomic E-state index is -4.06. The van der Waals surface area contributed by atoms with Crippen molar-refractivity contribution in [3.8, 4) is 5.75 Å². The maximum atomic E-state index is 13.1. The lowest BCUT2D eigenvalue weighted by atomic mass is 10.1. The van der Waals surface area contributed by atoms with Gasteiger partial charge in [0.15, 0.2) is 0 Å². The molecule has 0 radical (unpaired) electrons. The van der Waals surface area contributed by atoms with Crippen molar-refractivity contribution >= 4 is 54.4 Å². The first-order valence-corrected chi connectivity index (χ1v) is 13.6. The van der Waals surface area contributed by atoms with E-state index in [4.69, 9.17) is 16.3 Å². The molecule has 3 aromatic carbocycles. The fraction of sp³-hybridized carbons (Fsp3) is 0.192. The fourth-order valence-corrected chi connectivity index (χ4v) is 5.56. The second-order valence-corrected chi connectivity index (χ2v) is 11.2. The number of amides is 1. The van der Waals surface area contributed by atoms with Crippen molar-refractivity contribution in [3.05, 3.63) is 93.0 Å². The number of carbonyl (C=O) groups is 1. The Balaban J connectivity index is 1.57. The maximum Gasteiger partial charge on any atom is 0.281 e. The van der Waals surface area contributed by atoms with Crippen molar-refractivity contribution in [1.29, 1.82) is 0 Å². The summed E-state index contributed by atoms with van der Waals surface area (Å²) in [5, 5.41) is 1.28. The Kier molecular flexibility index (Phi) is 7.54. The van der Waals surface area contributed by atoms with Crippen molar-refractivity contribution in [2.75, 3.05) is 6.61 Å². The van der Waals surface area contributed by atoms with Crippen LogP contribution in [0.5, 0.6) is 5.75 Å². The Bertz CT molecular complexity index is 1520. The number of benzene rings is 3. The van der Waals surface area contributed by atoms with E-state index in [1.807, 2.05) is 38.1 Å². The van der Waals surface area contributed by atoms with Gasteiger partial charge in [-0.05, 0) is 79.9 Å². The number of aryl methyl sites for hydroxylation is 2. The first kappa shape index (κ1) is 25.3. The van der Waals surface area contributed by atoms with Gasteiger partial charge in [-0.15, -0.1) is 0 Å². The summed E-state index contributed by atoms with van der Waals surface area (Å²) in [6, 6.07) is 19.1. The smallest absolute Gasteiger partial charge is 0.281 e. The van der Waals surface area contributed by atoms with Gasteiger partial charge in [0.1, 0.15) is 11.4 Å². The minimum absolute atomic E-state index is 0.00662. The topological polar surface area (TPSA) is 77.4 Å². The molecule has 182 valence electrons. The maximum absolute atomic E-state index is 13.1. The number of fused-ring (bicyclic) bond motifs is 1. The Labute approximate surface area is 218 Å². The summed E-state index contributed by atoms with van der Waals surface area (Å²) in [6.45, 7) is 4.94. The number of hydrogen-bond donors (Lipinski definition) is 1. The lowest BCUT2D eigenvalue weighted by molar-refractivity contribution is 0.0972. The number of nitrogens with zero attached hydrogens (tertiary/aromatic N) is 1. The normalized spacial score (nSPS) is 11.5. The van der Waals surface area contributed by atoms with Gasteiger partial charge in [-0.25, -0.2) is 13.1 Å². The summed E-state index contributed by atoms with van der Waals surface area (Å²) >= 11 is 9.42. The van der Waals surface area contributed by atoms with E-state index in [-0.39, 0.29) is 10.6 Å². The van der Waals surface area contributed by atoms with E-state index in [2.05, 4.69) is 20.7 Å². The van der Waals surface area contributed by atoms with Gasteiger partial charge < -0.3 is 9.30 Å². The minimum Gasteiger partial charge on any atom is -0.493 e. The van der Waals surface area contributed by atoms with Gasteiger partial charge in [0.25, 0.3) is 15.9 Å². The average Bonchev–Trinajstić information content (AvgIpc) is 3.16. The molecule has 0 saturated heterocycles. The number of rotatable bonds is 8. The third-order valence-corrected chi connectivity index (χ3v) is 7.83. The Morgan fingerprint density at radius 2 is 1.83 bits per heavy atom. The number of carbonyl (C=O) groups excluding carboxylic acids is 1. The highest BCUT2D eigenvalue weighted by molar-refractivity contribution is 9.10. The third-order valence-electron chi connectivity index (χ3n) is 5.77. The quantitative estimate of drug-likeness (QED) is 0.252. The highest BCUT2D eigenvalue weighted by atomic mass is 79.9. The van der Waals surface area contributed by atoms with Crippen LogP contribution in [0.15, 0.2) is 76.1 Å². The molecule has 0 aliphatic rings. The van der Waals surface area contributed by atoms with Crippen molar-refractivity contribution < 1.29 is 17.9 Å². The van der Waals surface area contributed by atoms with Crippen LogP contribution >= 0.6 is 27.5 Å². The molecule has 0 unspecified atom stereocenters. The number of ether oxygens (including phenoxy) is 1. The van der Waals surface area contributed by atoms with Crippen LogP contribution < -0.4 is 9.46 Å². The molecular weight excluding hydrogens is 552 g/mol. The van der Waals surface area contributed by atoms with Crippen LogP contribution in [0, 0.1) is 13.8 Å². The number of nitrogens with one attached hydrogen (secondary N) is 1. The largest absolute Gasteiger partial charge is 0.493 e. The van der Waals surface area contributed by atoms with Crippen LogP contribution in [0.1, 0.15) is 28.0 Å². The highest BCUT2D eigenvalue weighted by Gasteiger charge is 2.23. The van der Waals surface area contributed by atoms with Gasteiger partial charge in [-0.1, -0.05) is 45.7 Å². The summed E-state index contributed by atoms with van der Waals surface area (Å²) in [6.07, 6.45) is 0.610. The second kappa shape index (κ2) is 10.4. The molecule has 0 bridgehead atoms. The van der Waals surface area contributed by atoms with Crippen LogP contribution in [0.2, 0.25) is 5.02 Å². The molecule has 0 spiro atoms. The van der Waals surface area contributed by atoms with Gasteiger partial charge in [0, 0.05) is 26.9 Å². The van der Waals surface area contributed by atoms with Crippen LogP contribution in [0.25, 0.3) is 10.9 Å². The molecule has 0 fully saturated rings. The van der Waals surface area contributed by atoms with E-state index in [0.717, 1.165) is 27.8 Å². The SMILES string of the molecule is Cc1cccc(OCCCn2c(C(=O)NS(=O)(=O)c3cccc(Br)c3)cc3cc(Cl)ccc32)c1C. The number of halogens is 2. The molecular formula is C26H24BrClN2O4S. The summed E-state index contributed by atoms with van der Waals surface area (Å²) < 4.78 is 36.2. The van der Waals surface area contributed by atoms with Gasteiger partial charge >= 0.3 is 0 Å². The molecule has 0 saturated carbocycles. The van der Waals surface area contributed by atoms with E-state index in [1.54, 1.807) is 34.9 Å². The zero-order chi connectivity index (χ0) is 25.2. The van der Waals surface area contributed by atoms with Crippen molar-refractivity contribution in [2.24, 2.45) is 0 Å². The third kappa shape index (κ3) is 5.72. The zero-order valence-electron chi connectivity index (χ0n) is 19.2. The molecule has 4 aromatic rings. The van der Waals surface area contributed by atoms with Crippen molar-refractivity contribution in [3.63, 3.8) is 0 Å². The predicted molar refractivity (Wildman–Crippen MR) is 142 cm³/mol. The lowest BCUT2D eigenvalue weighted by Gasteiger charge is -2.14. The molecule has 9 heteroatoms. The molecule has 0 atom stereocenters. The molecule has 1 heterocycles. The monoisotopic (exact) mass is 574 g/mol. The summed E-state index contributed by atoms with van der Waals surface area (Å²) in [4.78, 5) is 13.1. The van der Waals surface area contributed by atoms with Gasteiger partial charge in [-0.3, -0.25) is 4.79 Å². The molecule has 4 rings (SSSR count). The van der Waals surface area contributed by atoms with Crippen LogP contribution in [-0.4, -0.2) is 25.5 Å². The number of sulfonamides is 1. The molecule has 1 aromatic heterocycles. The van der Waals surface area contributed by atoms with E-state index < -0.39 is 15.9 Å². The van der Waals surface area contributed by atoms with Crippen LogP contribution in [0.4, 0.5) is 0 Å². The van der Waals surface area contributed by atoms with Gasteiger partial charge in [0.05, 0.1) is 11.5 Å². The van der Waals surface area contributed by atoms with Gasteiger partial charge in [0.2, 0.25) is 0 Å². The van der Waals surface area contributed by atoms with E-state index in [0.29, 0.717) is 29.1 Å². The Hall–Kier alpha value is -2.81. The van der Waals surface area contributed by atoms with Crippen LogP contribution in [-0.2, 0) is 16.6 Å². The molecule has 0 aliphatic carbocycles. The predicted octanol–water partition coefficient (Wildman–Crippen LogP) is 6.26. The lowest BCUT2D eigenvalue weighted by Crippen LogP contribution is -2.32. The van der Waals surface area contributed by atoms with E-state index in [1.165, 1.54) is 12.1 Å². The highest BCUT2D eigenvalue weighted by Crippen LogP contribution is 2.25. The van der Waals surface area contributed by atoms with Crippen molar-refractivity contribution in [2.45, 2.75) is 31.7 Å². The molecule has 0 aliphatic heterocycles. The van der Waals surface area contributed by atoms with E-state index in [9.17, 15) is 13.2 Å². The van der Waals surface area contributed by atoms with E-state index >= 15 is 0 Å². The van der Waals surface area contributed by atoms with Gasteiger partial charge in [-0.2, -0.15) is 0 Å². The molecule has 35 heavy (non-hydrogen) atoms. The fourth-order valence-electron chi connectivity index (χ4n) is 3.82. The second-order valence-electron chi connectivity index (χ2n) is 8.18. The summed E-state index contributed by atoms with van der Waals surface area (Å²) in [5.41, 5.74) is 3.26. The Morgan fingerprint density at radius 1 is 1.06 bits per heavy atom. The summed E-state index contributed by atoms with van der Waals surface area (Å²) in [7, 11) is -4.06. The summed E-state index contributed by atoms with van der Waals surface area (Å²) in [5.74, 6) is 0.111. The zero-order valence-corrected chi connectivity index (χ0v) is 22.4. The van der Waals surface area contributed by atoms with Crippen molar-refractivity contribution in [1.82, 2.24) is 9.29 Å². The molecule has 1 amide bonds. The first-order valence-electron chi connectivity index (χ1n) is 11.0. The first-order chi connectivity index (χ1) is 16.7. The van der Waals surface area contributed by atoms with Crippen LogP contribution in [0.3, 0.4) is 0 Å². The molecule has 6 nitrogen and oxygen atoms in total. The molecule has 1 N–H and O–H groups in total. The number of hydrogen-bond acceptors (Lipinski definition) is 4. The standard InChI is InChI=1S/C26H24BrClN2O4S/c1-17-6-3-9-25(18(17)2)34-13-5-12-30-23-11-10-21(28)14-19(23)15-24(30)26(31)29-35(32,33)22-8-4-7-20(27)16-22/h3-4,6-11,14-16H,5,12-13H2,1-2H3,(H,29,31). The average molecular weight is 576 g/mol. The Morgan fingerprint density at radius 3 is 2.60 bits per heavy atom.